The zero-order valence-corrected chi connectivity index (χ0v) is 9.02. The number of fused-ring (bicyclic) bond motifs is 1. The third-order valence-corrected chi connectivity index (χ3v) is 2.76. The van der Waals surface area contributed by atoms with Gasteiger partial charge in [0, 0.05) is 25.8 Å². The van der Waals surface area contributed by atoms with Gasteiger partial charge in [-0.05, 0) is 25.1 Å². The lowest BCUT2D eigenvalue weighted by Gasteiger charge is -2.16. The van der Waals surface area contributed by atoms with E-state index in [1.54, 1.807) is 6.20 Å². The second-order valence-electron chi connectivity index (χ2n) is 3.91. The number of nitrogens with zero attached hydrogens (tertiary/aromatic N) is 3. The van der Waals surface area contributed by atoms with Gasteiger partial charge in [0.1, 0.15) is 0 Å². The summed E-state index contributed by atoms with van der Waals surface area (Å²) in [6.45, 7) is 3.97. The smallest absolute Gasteiger partial charge is 0.299 e. The summed E-state index contributed by atoms with van der Waals surface area (Å²) in [6, 6.07) is 4.45. The van der Waals surface area contributed by atoms with Crippen molar-refractivity contribution in [2.75, 3.05) is 31.1 Å². The van der Waals surface area contributed by atoms with Crippen molar-refractivity contribution in [2.24, 2.45) is 0 Å². The molecule has 0 unspecified atom stereocenters. The monoisotopic (exact) mass is 218 g/mol. The molecule has 0 saturated carbocycles. The standard InChI is InChI=1S/C11H14N4O/c1-3-9-10(13-5-1)14-11(16-9)15-7-2-4-12-6-8-15/h1,3,5,12H,2,4,6-8H2. The Hall–Kier alpha value is -1.62. The van der Waals surface area contributed by atoms with E-state index >= 15 is 0 Å². The van der Waals surface area contributed by atoms with Gasteiger partial charge in [0.15, 0.2) is 5.58 Å². The van der Waals surface area contributed by atoms with E-state index in [2.05, 4.69) is 20.2 Å². The first-order valence-corrected chi connectivity index (χ1v) is 5.61. The molecule has 0 bridgehead atoms. The quantitative estimate of drug-likeness (QED) is 0.774. The Bertz CT molecular complexity index is 441. The first kappa shape index (κ1) is 9.59. The number of anilines is 1. The molecule has 1 fully saturated rings. The van der Waals surface area contributed by atoms with Crippen LogP contribution in [0.1, 0.15) is 6.42 Å². The van der Waals surface area contributed by atoms with E-state index in [4.69, 9.17) is 4.42 Å². The van der Waals surface area contributed by atoms with E-state index in [1.807, 2.05) is 12.1 Å². The summed E-state index contributed by atoms with van der Waals surface area (Å²) < 4.78 is 5.69. The fourth-order valence-corrected chi connectivity index (χ4v) is 1.93. The van der Waals surface area contributed by atoms with E-state index in [9.17, 15) is 0 Å². The molecule has 0 spiro atoms. The lowest BCUT2D eigenvalue weighted by Crippen LogP contribution is -2.27. The van der Waals surface area contributed by atoms with Gasteiger partial charge in [0.25, 0.3) is 6.01 Å². The average molecular weight is 218 g/mol. The van der Waals surface area contributed by atoms with Crippen LogP contribution < -0.4 is 10.2 Å². The van der Waals surface area contributed by atoms with Crippen molar-refractivity contribution in [3.05, 3.63) is 18.3 Å². The van der Waals surface area contributed by atoms with Crippen molar-refractivity contribution in [3.8, 4) is 0 Å². The highest BCUT2D eigenvalue weighted by atomic mass is 16.4. The second kappa shape index (κ2) is 4.09. The number of nitrogens with one attached hydrogen (secondary N) is 1. The lowest BCUT2D eigenvalue weighted by atomic mass is 10.4. The Kier molecular flexibility index (Phi) is 2.46. The SMILES string of the molecule is c1cnc2nc(N3CCCNCC3)oc2c1. The minimum atomic E-state index is 0.690. The molecule has 5 nitrogen and oxygen atoms in total. The van der Waals surface area contributed by atoms with Gasteiger partial charge in [-0.2, -0.15) is 4.98 Å². The number of hydrogen-bond acceptors (Lipinski definition) is 5. The molecule has 1 N–H and O–H groups in total. The zero-order valence-electron chi connectivity index (χ0n) is 9.02. The molecule has 0 atom stereocenters. The molecule has 84 valence electrons. The predicted molar refractivity (Wildman–Crippen MR) is 61.5 cm³/mol. The van der Waals surface area contributed by atoms with Crippen LogP contribution in [-0.4, -0.2) is 36.1 Å². The highest BCUT2D eigenvalue weighted by Crippen LogP contribution is 2.20. The maximum absolute atomic E-state index is 5.69. The van der Waals surface area contributed by atoms with Crippen molar-refractivity contribution in [3.63, 3.8) is 0 Å². The second-order valence-corrected chi connectivity index (χ2v) is 3.91. The fourth-order valence-electron chi connectivity index (χ4n) is 1.93. The highest BCUT2D eigenvalue weighted by molar-refractivity contribution is 5.69. The lowest BCUT2D eigenvalue weighted by molar-refractivity contribution is 0.571. The van der Waals surface area contributed by atoms with Crippen LogP contribution in [0.25, 0.3) is 11.2 Å². The van der Waals surface area contributed by atoms with E-state index in [0.29, 0.717) is 11.7 Å². The topological polar surface area (TPSA) is 54.2 Å². The Morgan fingerprint density at radius 3 is 3.25 bits per heavy atom. The molecule has 1 aliphatic rings. The fraction of sp³-hybridized carbons (Fsp3) is 0.455. The van der Waals surface area contributed by atoms with Crippen molar-refractivity contribution >= 4 is 17.2 Å². The molecule has 0 radical (unpaired) electrons. The van der Waals surface area contributed by atoms with Crippen LogP contribution in [0.3, 0.4) is 0 Å². The molecular formula is C11H14N4O. The third kappa shape index (κ3) is 1.74. The normalized spacial score (nSPS) is 17.6. The molecule has 1 saturated heterocycles. The van der Waals surface area contributed by atoms with Crippen molar-refractivity contribution in [2.45, 2.75) is 6.42 Å². The average Bonchev–Trinajstić information content (AvgIpc) is 2.56. The number of oxazole rings is 1. The first-order valence-electron chi connectivity index (χ1n) is 5.61. The molecule has 0 aromatic carbocycles. The molecule has 2 aromatic rings. The van der Waals surface area contributed by atoms with Gasteiger partial charge in [-0.1, -0.05) is 0 Å². The molecular weight excluding hydrogens is 204 g/mol. The Morgan fingerprint density at radius 2 is 2.31 bits per heavy atom. The van der Waals surface area contributed by atoms with Gasteiger partial charge in [0.2, 0.25) is 5.65 Å². The number of pyridine rings is 1. The molecule has 0 aliphatic carbocycles. The maximum Gasteiger partial charge on any atom is 0.299 e. The Labute approximate surface area is 93.5 Å². The number of hydrogen-bond donors (Lipinski definition) is 1. The summed E-state index contributed by atoms with van der Waals surface area (Å²) in [6.07, 6.45) is 2.85. The van der Waals surface area contributed by atoms with Crippen LogP contribution in [0, 0.1) is 0 Å². The maximum atomic E-state index is 5.69. The Balaban J connectivity index is 1.92. The summed E-state index contributed by atoms with van der Waals surface area (Å²) in [7, 11) is 0. The van der Waals surface area contributed by atoms with Crippen LogP contribution >= 0.6 is 0 Å². The van der Waals surface area contributed by atoms with E-state index in [-0.39, 0.29) is 0 Å². The van der Waals surface area contributed by atoms with Crippen molar-refractivity contribution in [1.82, 2.24) is 15.3 Å². The van der Waals surface area contributed by atoms with Crippen LogP contribution in [0.2, 0.25) is 0 Å². The molecule has 3 rings (SSSR count). The van der Waals surface area contributed by atoms with Gasteiger partial charge in [-0.3, -0.25) is 0 Å². The predicted octanol–water partition coefficient (Wildman–Crippen LogP) is 1.02. The van der Waals surface area contributed by atoms with Crippen LogP contribution in [0.15, 0.2) is 22.7 Å². The van der Waals surface area contributed by atoms with Crippen LogP contribution in [0.4, 0.5) is 6.01 Å². The van der Waals surface area contributed by atoms with E-state index < -0.39 is 0 Å². The van der Waals surface area contributed by atoms with Gasteiger partial charge in [-0.25, -0.2) is 4.98 Å². The summed E-state index contributed by atoms with van der Waals surface area (Å²) in [5, 5.41) is 3.35. The molecule has 0 amide bonds. The largest absolute Gasteiger partial charge is 0.422 e. The first-order chi connectivity index (χ1) is 7.93. The number of aromatic nitrogens is 2. The minimum Gasteiger partial charge on any atom is -0.422 e. The summed E-state index contributed by atoms with van der Waals surface area (Å²) in [4.78, 5) is 10.7. The Morgan fingerprint density at radius 1 is 1.31 bits per heavy atom. The van der Waals surface area contributed by atoms with Crippen LogP contribution in [0.5, 0.6) is 0 Å². The van der Waals surface area contributed by atoms with Crippen LogP contribution in [-0.2, 0) is 0 Å². The summed E-state index contributed by atoms with van der Waals surface area (Å²) >= 11 is 0. The zero-order chi connectivity index (χ0) is 10.8. The van der Waals surface area contributed by atoms with E-state index in [1.165, 1.54) is 0 Å². The third-order valence-electron chi connectivity index (χ3n) is 2.76. The minimum absolute atomic E-state index is 0.690. The van der Waals surface area contributed by atoms with Crippen molar-refractivity contribution in [1.29, 1.82) is 0 Å². The van der Waals surface area contributed by atoms with Crippen molar-refractivity contribution < 1.29 is 4.42 Å². The molecule has 3 heterocycles. The molecule has 5 heteroatoms. The highest BCUT2D eigenvalue weighted by Gasteiger charge is 2.15. The van der Waals surface area contributed by atoms with Gasteiger partial charge in [-0.15, -0.1) is 0 Å². The molecule has 2 aromatic heterocycles. The molecule has 16 heavy (non-hydrogen) atoms. The van der Waals surface area contributed by atoms with Gasteiger partial charge < -0.3 is 14.6 Å². The van der Waals surface area contributed by atoms with Gasteiger partial charge >= 0.3 is 0 Å². The number of rotatable bonds is 1. The van der Waals surface area contributed by atoms with E-state index in [0.717, 1.165) is 38.2 Å². The summed E-state index contributed by atoms with van der Waals surface area (Å²) in [5.41, 5.74) is 1.45. The molecule has 1 aliphatic heterocycles. The summed E-state index contributed by atoms with van der Waals surface area (Å²) in [5.74, 6) is 0. The van der Waals surface area contributed by atoms with Gasteiger partial charge in [0.05, 0.1) is 0 Å².